The number of Topliss-reactive ketones (excluding diaryl/α,β-unsaturated/α-hetero) is 1. The summed E-state index contributed by atoms with van der Waals surface area (Å²) in [4.78, 5) is 15.8. The van der Waals surface area contributed by atoms with Crippen molar-refractivity contribution in [2.24, 2.45) is 10.4 Å². The second-order valence-corrected chi connectivity index (χ2v) is 3.89. The van der Waals surface area contributed by atoms with Gasteiger partial charge in [0, 0.05) is 0 Å². The summed E-state index contributed by atoms with van der Waals surface area (Å²) in [6, 6.07) is 9.27. The summed E-state index contributed by atoms with van der Waals surface area (Å²) in [5, 5.41) is 0. The molecule has 0 spiro atoms. The van der Waals surface area contributed by atoms with Crippen LogP contribution in [0.2, 0.25) is 0 Å². The Labute approximate surface area is 86.5 Å². The molecule has 1 heterocycles. The van der Waals surface area contributed by atoms with Crippen molar-refractivity contribution in [1.29, 1.82) is 0 Å². The van der Waals surface area contributed by atoms with Gasteiger partial charge in [0.15, 0.2) is 5.78 Å². The maximum Gasteiger partial charge on any atom is 0.165 e. The maximum absolute atomic E-state index is 11.8. The van der Waals surface area contributed by atoms with E-state index < -0.39 is 17.7 Å². The molecule has 0 aliphatic carbocycles. The predicted molar refractivity (Wildman–Crippen MR) is 56.6 cm³/mol. The van der Waals surface area contributed by atoms with E-state index >= 15 is 0 Å². The molecular formula is C12H13NO. The van der Waals surface area contributed by atoms with Gasteiger partial charge in [-0.05, 0) is 19.4 Å². The lowest BCUT2D eigenvalue weighted by atomic mass is 9.82. The number of carbonyl (C=O) groups excluding carboxylic acids is 1. The van der Waals surface area contributed by atoms with Gasteiger partial charge in [0.2, 0.25) is 0 Å². The number of ketones is 1. The standard InChI is InChI=1S/C12H13NO/c1-12(2)10(14)8-13-11(12)9-6-4-3-5-7-9/h3-7H,8H2,1-2H3/i8D2. The van der Waals surface area contributed by atoms with Crippen LogP contribution in [0.1, 0.15) is 22.2 Å². The van der Waals surface area contributed by atoms with E-state index in [1.807, 2.05) is 30.3 Å². The zero-order valence-corrected chi connectivity index (χ0v) is 8.24. The van der Waals surface area contributed by atoms with Gasteiger partial charge in [-0.15, -0.1) is 0 Å². The van der Waals surface area contributed by atoms with Crippen LogP contribution in [0.15, 0.2) is 35.3 Å². The number of hydrogen-bond donors (Lipinski definition) is 0. The lowest BCUT2D eigenvalue weighted by Crippen LogP contribution is -2.29. The highest BCUT2D eigenvalue weighted by Gasteiger charge is 2.37. The highest BCUT2D eigenvalue weighted by atomic mass is 16.1. The van der Waals surface area contributed by atoms with E-state index in [9.17, 15) is 4.79 Å². The Bertz CT molecular complexity index is 463. The van der Waals surface area contributed by atoms with Crippen molar-refractivity contribution in [3.8, 4) is 0 Å². The Balaban J connectivity index is 2.55. The third kappa shape index (κ3) is 1.27. The number of nitrogens with zero attached hydrogens (tertiary/aromatic N) is 1. The SMILES string of the molecule is [2H]C1([2H])N=C(c2ccccc2)C(C)(C)C1=O. The van der Waals surface area contributed by atoms with Crippen molar-refractivity contribution < 1.29 is 7.54 Å². The van der Waals surface area contributed by atoms with Crippen molar-refractivity contribution in [3.05, 3.63) is 35.9 Å². The molecule has 2 nitrogen and oxygen atoms in total. The Kier molecular flexibility index (Phi) is 1.51. The van der Waals surface area contributed by atoms with Gasteiger partial charge in [0.1, 0.15) is 0 Å². The van der Waals surface area contributed by atoms with Crippen LogP contribution in [-0.4, -0.2) is 18.0 Å². The molecule has 0 saturated carbocycles. The number of carbonyl (C=O) groups is 1. The first-order valence-electron chi connectivity index (χ1n) is 5.56. The molecule has 14 heavy (non-hydrogen) atoms. The number of rotatable bonds is 1. The highest BCUT2D eigenvalue weighted by Crippen LogP contribution is 2.28. The smallest absolute Gasteiger partial charge is 0.165 e. The zero-order valence-electron chi connectivity index (χ0n) is 10.2. The third-order valence-corrected chi connectivity index (χ3v) is 2.48. The first kappa shape index (κ1) is 6.93. The normalized spacial score (nSPS) is 25.3. The van der Waals surface area contributed by atoms with Gasteiger partial charge in [-0.1, -0.05) is 30.3 Å². The van der Waals surface area contributed by atoms with Crippen LogP contribution in [0.25, 0.3) is 0 Å². The fraction of sp³-hybridized carbons (Fsp3) is 0.333. The Morgan fingerprint density at radius 1 is 1.36 bits per heavy atom. The number of hydrogen-bond acceptors (Lipinski definition) is 2. The molecule has 72 valence electrons. The van der Waals surface area contributed by atoms with Crippen LogP contribution in [-0.2, 0) is 4.79 Å². The van der Waals surface area contributed by atoms with E-state index in [0.29, 0.717) is 5.71 Å². The minimum absolute atomic E-state index is 0.473. The Morgan fingerprint density at radius 2 is 2.00 bits per heavy atom. The molecule has 2 rings (SSSR count). The summed E-state index contributed by atoms with van der Waals surface area (Å²) < 4.78 is 15.1. The molecule has 0 atom stereocenters. The summed E-state index contributed by atoms with van der Waals surface area (Å²) >= 11 is 0. The summed E-state index contributed by atoms with van der Waals surface area (Å²) in [5.74, 6) is -0.473. The van der Waals surface area contributed by atoms with E-state index in [1.54, 1.807) is 13.8 Å². The average molecular weight is 189 g/mol. The summed E-state index contributed by atoms with van der Waals surface area (Å²) in [6.07, 6.45) is 0. The van der Waals surface area contributed by atoms with Crippen molar-refractivity contribution in [1.82, 2.24) is 0 Å². The topological polar surface area (TPSA) is 29.4 Å². The van der Waals surface area contributed by atoms with Gasteiger partial charge >= 0.3 is 0 Å². The van der Waals surface area contributed by atoms with Crippen LogP contribution in [0, 0.1) is 5.41 Å². The van der Waals surface area contributed by atoms with Crippen LogP contribution in [0.3, 0.4) is 0 Å². The molecule has 1 aromatic rings. The van der Waals surface area contributed by atoms with Gasteiger partial charge in [0.05, 0.1) is 20.4 Å². The predicted octanol–water partition coefficient (Wildman–Crippen LogP) is 2.08. The van der Waals surface area contributed by atoms with Crippen LogP contribution in [0.4, 0.5) is 0 Å². The van der Waals surface area contributed by atoms with E-state index in [-0.39, 0.29) is 0 Å². The number of aliphatic imine (C=N–C) groups is 1. The van der Waals surface area contributed by atoms with Crippen molar-refractivity contribution in [2.75, 3.05) is 6.50 Å². The van der Waals surface area contributed by atoms with Crippen LogP contribution < -0.4 is 0 Å². The van der Waals surface area contributed by atoms with Crippen molar-refractivity contribution >= 4 is 11.5 Å². The minimum atomic E-state index is -2.09. The van der Waals surface area contributed by atoms with E-state index in [2.05, 4.69) is 4.99 Å². The maximum atomic E-state index is 11.8. The third-order valence-electron chi connectivity index (χ3n) is 2.48. The van der Waals surface area contributed by atoms with Gasteiger partial charge in [-0.2, -0.15) is 0 Å². The quantitative estimate of drug-likeness (QED) is 0.665. The molecule has 1 aliphatic heterocycles. The van der Waals surface area contributed by atoms with Crippen LogP contribution in [0.5, 0.6) is 0 Å². The largest absolute Gasteiger partial charge is 0.297 e. The Hall–Kier alpha value is -1.44. The van der Waals surface area contributed by atoms with Gasteiger partial charge < -0.3 is 0 Å². The fourth-order valence-corrected chi connectivity index (χ4v) is 1.52. The zero-order chi connectivity index (χ0) is 12.0. The minimum Gasteiger partial charge on any atom is -0.297 e. The lowest BCUT2D eigenvalue weighted by molar-refractivity contribution is -0.121. The summed E-state index contributed by atoms with van der Waals surface area (Å²) in [5.41, 5.74) is 0.482. The van der Waals surface area contributed by atoms with E-state index in [0.717, 1.165) is 5.56 Å². The van der Waals surface area contributed by atoms with Gasteiger partial charge in [-0.25, -0.2) is 0 Å². The van der Waals surface area contributed by atoms with E-state index in [1.165, 1.54) is 0 Å². The monoisotopic (exact) mass is 189 g/mol. The second kappa shape index (κ2) is 3.05. The summed E-state index contributed by atoms with van der Waals surface area (Å²) in [7, 11) is 0. The molecule has 2 heteroatoms. The average Bonchev–Trinajstić information content (AvgIpc) is 2.40. The molecule has 0 aromatic heterocycles. The lowest BCUT2D eigenvalue weighted by Gasteiger charge is -2.18. The molecule has 0 N–H and O–H groups in total. The number of benzene rings is 1. The fourth-order valence-electron chi connectivity index (χ4n) is 1.52. The molecule has 0 bridgehead atoms. The molecule has 0 unspecified atom stereocenters. The molecule has 0 amide bonds. The van der Waals surface area contributed by atoms with Gasteiger partial charge in [0.25, 0.3) is 0 Å². The Morgan fingerprint density at radius 3 is 2.50 bits per heavy atom. The van der Waals surface area contributed by atoms with Gasteiger partial charge in [-0.3, -0.25) is 9.79 Å². The second-order valence-electron chi connectivity index (χ2n) is 3.89. The highest BCUT2D eigenvalue weighted by molar-refractivity contribution is 6.20. The van der Waals surface area contributed by atoms with E-state index in [4.69, 9.17) is 2.74 Å². The molecular weight excluding hydrogens is 174 g/mol. The summed E-state index contributed by atoms with van der Waals surface area (Å²) in [6.45, 7) is 1.34. The first-order chi connectivity index (χ1) is 7.36. The molecule has 0 radical (unpaired) electrons. The van der Waals surface area contributed by atoms with Crippen molar-refractivity contribution in [3.63, 3.8) is 0 Å². The molecule has 0 fully saturated rings. The molecule has 0 saturated heterocycles. The first-order valence-corrected chi connectivity index (χ1v) is 4.56. The molecule has 1 aromatic carbocycles. The van der Waals surface area contributed by atoms with Crippen LogP contribution >= 0.6 is 0 Å². The molecule has 1 aliphatic rings. The van der Waals surface area contributed by atoms with Crippen molar-refractivity contribution in [2.45, 2.75) is 13.8 Å².